The van der Waals surface area contributed by atoms with Gasteiger partial charge in [0.2, 0.25) is 19.8 Å². The minimum Gasteiger partial charge on any atom is -0.479 e. The normalized spacial score (nSPS) is 30.1. The molecule has 15 atom stereocenters. The van der Waals surface area contributed by atoms with E-state index >= 15 is 0 Å². The fraction of sp³-hybridized carbons (Fsp3) is 0.641. The third-order valence-corrected chi connectivity index (χ3v) is 29.7. The highest BCUT2D eigenvalue weighted by Gasteiger charge is 2.50. The average molecular weight is 1700 g/mol. The van der Waals surface area contributed by atoms with Crippen LogP contribution in [0.4, 0.5) is 0 Å². The van der Waals surface area contributed by atoms with Gasteiger partial charge in [-0.25, -0.2) is 29.3 Å². The molecule has 32 nitrogen and oxygen atoms in total. The first-order valence-corrected chi connectivity index (χ1v) is 45.8. The van der Waals surface area contributed by atoms with Gasteiger partial charge in [-0.2, -0.15) is 0 Å². The van der Waals surface area contributed by atoms with E-state index in [4.69, 9.17) is 35.4 Å². The standard InChI is InChI=1S/2C31H41N5O5.C30H37N7O5/c1-34(2)30(39)29(33-41-18-27(37)38)28-31(40)36(26-12-4-3-11-25(26)32-28)24-16-21-9-6-10-22(17-24)35(21)23-14-19-7-5-8-20(13-19)15-23;1-32-30(39)28(34-41-18-27(37)38)29-31(40)36(26-12-5-4-11-25(26)33-29)24-16-21-9-6-10-22(17-24)35(21)23-14-19-7-2-3-8-20(13-19)15-23;31-35-33-29(40)27(34-42-17-26(38)39)28-30(41)37(25-11-4-3-10-24(25)32-28)23-15-20-8-5-9-21(16-23)36(20)22-13-18-6-1-2-7-19(12-18)14-22/h3-4,11-12,19-24H,5-10,13-18H2,1-2H3,(H,37,38);4-5,11-12,19-24H,2-3,6-10,13-18H2,1H3,(H,32,39)(H,37,38);3-4,10-11,18-23H,1-2,5-9,12-17H2,(H,38,39)/t2*19?,20?,21-,22+,23?,24?;18?,19?,20-,21+,22?,23?. The monoisotopic (exact) mass is 1700 g/mol. The highest BCUT2D eigenvalue weighted by atomic mass is 16.6. The molecule has 0 spiro atoms. The van der Waals surface area contributed by atoms with E-state index in [1.165, 1.54) is 160 Å². The van der Waals surface area contributed by atoms with Crippen molar-refractivity contribution in [3.8, 4) is 0 Å². The number of fused-ring (bicyclic) bond motifs is 15. The molecule has 0 radical (unpaired) electrons. The van der Waals surface area contributed by atoms with Gasteiger partial charge < -0.3 is 53.8 Å². The number of carbonyl (C=O) groups excluding carboxylic acids is 3. The molecule has 12 aliphatic rings. The number of benzene rings is 3. The highest BCUT2D eigenvalue weighted by molar-refractivity contribution is 6.46. The molecular weight excluding hydrogens is 1580 g/mol. The molecule has 3 aromatic carbocycles. The zero-order chi connectivity index (χ0) is 86.4. The van der Waals surface area contributed by atoms with E-state index in [0.717, 1.165) is 124 Å². The van der Waals surface area contributed by atoms with Crippen LogP contribution in [0.3, 0.4) is 0 Å². The number of hydrogen-bond donors (Lipinski definition) is 4. The Labute approximate surface area is 720 Å². The van der Waals surface area contributed by atoms with E-state index in [2.05, 4.69) is 60.5 Å². The summed E-state index contributed by atoms with van der Waals surface area (Å²) in [5, 5.41) is 43.7. The predicted molar refractivity (Wildman–Crippen MR) is 465 cm³/mol. The lowest BCUT2D eigenvalue weighted by Gasteiger charge is -2.55. The number of azide groups is 1. The number of nitrogens with zero attached hydrogens (tertiary/aromatic N) is 16. The molecule has 32 heteroatoms. The van der Waals surface area contributed by atoms with Crippen LogP contribution in [-0.4, -0.2) is 212 Å². The SMILES string of the molecule is CN(C)C(=O)C(=NOCC(=O)O)c1nc2ccccc2n(C2C[C@H]3CCC[C@@H](C2)N3C2CC3CCCC(C3)C2)c1=O.CNC(=O)C(=NOCC(=O)O)c1nc2ccccc2n(C2C[C@H]3CCC[C@@H](C2)N3C2CC3CCCCC(C3)C2)c1=O.[N-]=[N+]=NC(=O)C(=NOCC(=O)O)c1nc2ccccc2n(C2C[C@H]3CCC[C@@H](C2)N3C2CC3CCCCC(C3)C2)c1=O. The first-order chi connectivity index (χ1) is 60.1. The van der Waals surface area contributed by atoms with E-state index in [-0.39, 0.29) is 52.2 Å². The van der Waals surface area contributed by atoms with Gasteiger partial charge in [-0.3, -0.25) is 43.5 Å². The molecule has 9 heterocycles. The third kappa shape index (κ3) is 19.1. The van der Waals surface area contributed by atoms with Crippen molar-refractivity contribution in [2.45, 2.75) is 297 Å². The van der Waals surface area contributed by atoms with Crippen molar-refractivity contribution in [1.29, 1.82) is 0 Å². The van der Waals surface area contributed by atoms with Crippen LogP contribution in [0.25, 0.3) is 43.5 Å². The van der Waals surface area contributed by atoms with E-state index in [1.807, 2.05) is 69.8 Å². The predicted octanol–water partition coefficient (Wildman–Crippen LogP) is 12.6. The number of para-hydroxylation sites is 6. The molecule has 9 unspecified atom stereocenters. The molecular formula is C92H119N17O15. The number of oxime groups is 3. The van der Waals surface area contributed by atoms with Crippen LogP contribution < -0.4 is 22.0 Å². The van der Waals surface area contributed by atoms with Crippen LogP contribution in [0.5, 0.6) is 0 Å². The van der Waals surface area contributed by atoms with E-state index in [1.54, 1.807) is 30.8 Å². The van der Waals surface area contributed by atoms with Gasteiger partial charge in [-0.15, -0.1) is 0 Å². The third-order valence-electron chi connectivity index (χ3n) is 29.7. The van der Waals surface area contributed by atoms with Gasteiger partial charge in [0, 0.05) is 98.6 Å². The second-order valence-corrected chi connectivity index (χ2v) is 37.7. The Morgan fingerprint density at radius 1 is 0.395 bits per heavy atom. The summed E-state index contributed by atoms with van der Waals surface area (Å²) in [5.74, 6) is -1.04. The van der Waals surface area contributed by atoms with Gasteiger partial charge in [0.1, 0.15) is 0 Å². The van der Waals surface area contributed by atoms with Gasteiger partial charge in [-0.1, -0.05) is 142 Å². The maximum Gasteiger partial charge on any atom is 0.344 e. The number of hydrogen-bond acceptors (Lipinski definition) is 21. The van der Waals surface area contributed by atoms with E-state index in [9.17, 15) is 43.2 Å². The van der Waals surface area contributed by atoms with E-state index < -0.39 is 72.3 Å². The molecule has 18 rings (SSSR count). The number of aromatic nitrogens is 6. The van der Waals surface area contributed by atoms with E-state index in [0.29, 0.717) is 76.4 Å². The van der Waals surface area contributed by atoms with Crippen LogP contribution in [0, 0.1) is 35.5 Å². The topological polar surface area (TPSA) is 406 Å². The van der Waals surface area contributed by atoms with Crippen molar-refractivity contribution in [2.24, 2.45) is 56.1 Å². The second kappa shape index (κ2) is 39.1. The van der Waals surface area contributed by atoms with Crippen LogP contribution in [-0.2, 0) is 43.3 Å². The summed E-state index contributed by atoms with van der Waals surface area (Å²) >= 11 is 0. The van der Waals surface area contributed by atoms with Gasteiger partial charge in [0.05, 0.1) is 33.1 Å². The molecule has 662 valence electrons. The Bertz CT molecular complexity index is 5230. The smallest absolute Gasteiger partial charge is 0.344 e. The minimum atomic E-state index is -1.31. The number of rotatable bonds is 21. The van der Waals surface area contributed by atoms with Gasteiger partial charge in [-0.05, 0) is 217 Å². The quantitative estimate of drug-likeness (QED) is 0.0171. The maximum absolute atomic E-state index is 14.2. The number of likely N-dealkylation sites (N-methyl/N-ethyl adjacent to an activating group) is 2. The summed E-state index contributed by atoms with van der Waals surface area (Å²) < 4.78 is 5.40. The molecule has 6 aliphatic heterocycles. The highest BCUT2D eigenvalue weighted by Crippen LogP contribution is 2.52. The van der Waals surface area contributed by atoms with Gasteiger partial charge in [0.15, 0.2) is 34.2 Å². The summed E-state index contributed by atoms with van der Waals surface area (Å²) in [6, 6.07) is 26.5. The Hall–Kier alpha value is -10.3. The molecule has 6 aliphatic carbocycles. The van der Waals surface area contributed by atoms with Crippen LogP contribution >= 0.6 is 0 Å². The zero-order valence-corrected chi connectivity index (χ0v) is 71.6. The molecule has 3 amide bonds. The van der Waals surface area contributed by atoms with Crippen molar-refractivity contribution in [3.05, 3.63) is 131 Å². The molecule has 4 N–H and O–H groups in total. The lowest BCUT2D eigenvalue weighted by Crippen LogP contribution is -2.58. The summed E-state index contributed by atoms with van der Waals surface area (Å²) in [7, 11) is 4.52. The van der Waals surface area contributed by atoms with Gasteiger partial charge in [0.25, 0.3) is 34.4 Å². The fourth-order valence-corrected chi connectivity index (χ4v) is 25.2. The van der Waals surface area contributed by atoms with Crippen molar-refractivity contribution < 1.29 is 58.6 Å². The lowest BCUT2D eigenvalue weighted by molar-refractivity contribution is -0.143. The van der Waals surface area contributed by atoms with Crippen molar-refractivity contribution >= 4 is 85.9 Å². The van der Waals surface area contributed by atoms with Crippen LogP contribution in [0.15, 0.2) is 108 Å². The number of aliphatic carboxylic acids is 3. The van der Waals surface area contributed by atoms with Crippen molar-refractivity contribution in [3.63, 3.8) is 0 Å². The summed E-state index contributed by atoms with van der Waals surface area (Å²) in [5.41, 5.74) is 9.59. The average Bonchev–Trinajstić information content (AvgIpc) is 0.806. The van der Waals surface area contributed by atoms with Crippen molar-refractivity contribution in [1.82, 2.24) is 53.6 Å². The summed E-state index contributed by atoms with van der Waals surface area (Å²) in [6.07, 6.45) is 42.8. The number of piperidine rings is 6. The maximum atomic E-state index is 14.2. The Morgan fingerprint density at radius 3 is 0.984 bits per heavy atom. The lowest BCUT2D eigenvalue weighted by atomic mass is 9.68. The minimum absolute atomic E-state index is 0.0283. The van der Waals surface area contributed by atoms with Gasteiger partial charge >= 0.3 is 17.9 Å². The largest absolute Gasteiger partial charge is 0.479 e. The first-order valence-electron chi connectivity index (χ1n) is 45.8. The Morgan fingerprint density at radius 2 is 0.677 bits per heavy atom. The second-order valence-electron chi connectivity index (χ2n) is 37.7. The fourth-order valence-electron chi connectivity index (χ4n) is 25.2. The Balaban J connectivity index is 0.000000137. The Kier molecular flexibility index (Phi) is 27.5. The summed E-state index contributed by atoms with van der Waals surface area (Å²) in [6.45, 7) is -2.29. The molecule has 6 saturated carbocycles. The molecule has 6 saturated heterocycles. The number of nitrogens with one attached hydrogen (secondary N) is 1. The van der Waals surface area contributed by atoms with Crippen molar-refractivity contribution in [2.75, 3.05) is 41.0 Å². The molecule has 12 fully saturated rings. The zero-order valence-electron chi connectivity index (χ0n) is 71.6. The number of carboxylic acid groups (broad SMARTS) is 3. The summed E-state index contributed by atoms with van der Waals surface area (Å²) in [4.78, 5) is 155. The van der Waals surface area contributed by atoms with Crippen LogP contribution in [0.1, 0.15) is 260 Å². The first kappa shape index (κ1) is 87.2. The number of amides is 3. The molecule has 3 aromatic heterocycles. The molecule has 124 heavy (non-hydrogen) atoms. The number of carbonyl (C=O) groups is 6. The number of carboxylic acids is 3. The molecule has 12 bridgehead atoms. The molecule has 6 aromatic rings. The van der Waals surface area contributed by atoms with Crippen LogP contribution in [0.2, 0.25) is 0 Å².